The molecule has 0 spiro atoms. The van der Waals surface area contributed by atoms with E-state index in [1.54, 1.807) is 0 Å². The molecule has 1 aromatic heterocycles. The van der Waals surface area contributed by atoms with E-state index in [0.29, 0.717) is 0 Å². The maximum Gasteiger partial charge on any atom is 0.141 e. The van der Waals surface area contributed by atoms with E-state index in [1.807, 2.05) is 0 Å². The Hall–Kier alpha value is -1.88. The van der Waals surface area contributed by atoms with Crippen LogP contribution in [0.4, 0.5) is 0 Å². The van der Waals surface area contributed by atoms with Gasteiger partial charge in [-0.2, -0.15) is 5.10 Å². The Morgan fingerprint density at radius 3 is 3.28 bits per heavy atom. The van der Waals surface area contributed by atoms with Crippen LogP contribution < -0.4 is 10.1 Å². The lowest BCUT2D eigenvalue weighted by atomic mass is 10.1. The van der Waals surface area contributed by atoms with Crippen molar-refractivity contribution in [2.75, 3.05) is 6.61 Å². The summed E-state index contributed by atoms with van der Waals surface area (Å²) in [6, 6.07) is 6.53. The molecule has 5 nitrogen and oxygen atoms in total. The number of nitrogens with one attached hydrogen (secondary N) is 2. The molecule has 0 saturated carbocycles. The number of aromatic nitrogens is 3. The van der Waals surface area contributed by atoms with Crippen molar-refractivity contribution in [3.63, 3.8) is 0 Å². The highest BCUT2D eigenvalue weighted by atomic mass is 16.5. The summed E-state index contributed by atoms with van der Waals surface area (Å²) in [6.07, 6.45) is 2.54. The molecule has 1 atom stereocenters. The smallest absolute Gasteiger partial charge is 0.141 e. The second kappa shape index (κ2) is 4.78. The van der Waals surface area contributed by atoms with Gasteiger partial charge in [-0.25, -0.2) is 4.98 Å². The van der Waals surface area contributed by atoms with Crippen LogP contribution >= 0.6 is 0 Å². The number of nitrogens with zero attached hydrogens (tertiary/aromatic N) is 2. The summed E-state index contributed by atoms with van der Waals surface area (Å²) in [5.41, 5.74) is 2.58. The highest BCUT2D eigenvalue weighted by molar-refractivity contribution is 5.39. The third kappa shape index (κ3) is 2.22. The second-order valence-electron chi connectivity index (χ2n) is 4.51. The van der Waals surface area contributed by atoms with E-state index in [1.165, 1.54) is 17.5 Å². The first-order chi connectivity index (χ1) is 8.83. The van der Waals surface area contributed by atoms with Crippen molar-refractivity contribution >= 4 is 0 Å². The molecular weight excluding hydrogens is 228 g/mol. The number of aromatic amines is 1. The minimum absolute atomic E-state index is 0.164. The lowest BCUT2D eigenvalue weighted by molar-refractivity contribution is 0.357. The third-order valence-corrected chi connectivity index (χ3v) is 3.21. The van der Waals surface area contributed by atoms with Gasteiger partial charge in [-0.05, 0) is 24.1 Å². The monoisotopic (exact) mass is 244 g/mol. The van der Waals surface area contributed by atoms with E-state index < -0.39 is 0 Å². The number of benzene rings is 1. The van der Waals surface area contributed by atoms with Crippen molar-refractivity contribution in [2.24, 2.45) is 0 Å². The van der Waals surface area contributed by atoms with Gasteiger partial charge in [0.25, 0.3) is 0 Å². The molecule has 0 amide bonds. The Kier molecular flexibility index (Phi) is 2.98. The van der Waals surface area contributed by atoms with Crippen molar-refractivity contribution in [3.8, 4) is 5.75 Å². The van der Waals surface area contributed by atoms with E-state index in [-0.39, 0.29) is 6.04 Å². The molecule has 5 heteroatoms. The fourth-order valence-electron chi connectivity index (χ4n) is 2.14. The van der Waals surface area contributed by atoms with Gasteiger partial charge in [-0.1, -0.05) is 12.1 Å². The highest BCUT2D eigenvalue weighted by Gasteiger charge is 2.12. The average Bonchev–Trinajstić information content (AvgIpc) is 3.05. The summed E-state index contributed by atoms with van der Waals surface area (Å²) in [5, 5.41) is 10.1. The van der Waals surface area contributed by atoms with Crippen molar-refractivity contribution in [3.05, 3.63) is 41.5 Å². The normalized spacial score (nSPS) is 15.2. The molecule has 1 unspecified atom stereocenters. The zero-order valence-corrected chi connectivity index (χ0v) is 10.3. The van der Waals surface area contributed by atoms with Crippen LogP contribution in [0.25, 0.3) is 0 Å². The van der Waals surface area contributed by atoms with Gasteiger partial charge in [0.1, 0.15) is 17.9 Å². The minimum atomic E-state index is 0.164. The summed E-state index contributed by atoms with van der Waals surface area (Å²) in [4.78, 5) is 4.14. The number of H-pyrrole nitrogens is 1. The van der Waals surface area contributed by atoms with Crippen LogP contribution in [0.1, 0.15) is 29.9 Å². The SMILES string of the molecule is CC(NCc1ccc2c(c1)CCO2)c1ncn[nH]1. The van der Waals surface area contributed by atoms with Gasteiger partial charge in [0, 0.05) is 13.0 Å². The fraction of sp³-hybridized carbons (Fsp3) is 0.385. The molecule has 18 heavy (non-hydrogen) atoms. The molecule has 0 aliphatic carbocycles. The van der Waals surface area contributed by atoms with E-state index in [2.05, 4.69) is 45.6 Å². The molecule has 1 aromatic carbocycles. The number of fused-ring (bicyclic) bond motifs is 1. The van der Waals surface area contributed by atoms with Crippen LogP contribution in [0.5, 0.6) is 5.75 Å². The first-order valence-electron chi connectivity index (χ1n) is 6.16. The minimum Gasteiger partial charge on any atom is -0.493 e. The molecule has 0 saturated heterocycles. The number of ether oxygens (including phenoxy) is 1. The molecule has 94 valence electrons. The average molecular weight is 244 g/mol. The second-order valence-corrected chi connectivity index (χ2v) is 4.51. The van der Waals surface area contributed by atoms with Gasteiger partial charge >= 0.3 is 0 Å². The highest BCUT2D eigenvalue weighted by Crippen LogP contribution is 2.25. The predicted molar refractivity (Wildman–Crippen MR) is 67.3 cm³/mol. The van der Waals surface area contributed by atoms with Crippen LogP contribution in [0.2, 0.25) is 0 Å². The van der Waals surface area contributed by atoms with E-state index >= 15 is 0 Å². The van der Waals surface area contributed by atoms with Crippen molar-refractivity contribution in [2.45, 2.75) is 25.9 Å². The quantitative estimate of drug-likeness (QED) is 0.857. The summed E-state index contributed by atoms with van der Waals surface area (Å²) < 4.78 is 5.49. The summed E-state index contributed by atoms with van der Waals surface area (Å²) in [5.74, 6) is 1.89. The molecular formula is C13H16N4O. The molecule has 1 aliphatic heterocycles. The van der Waals surface area contributed by atoms with Crippen molar-refractivity contribution < 1.29 is 4.74 Å². The summed E-state index contributed by atoms with van der Waals surface area (Å²) in [7, 11) is 0. The van der Waals surface area contributed by atoms with E-state index in [0.717, 1.165) is 31.1 Å². The van der Waals surface area contributed by atoms with Gasteiger partial charge in [-0.15, -0.1) is 0 Å². The lowest BCUT2D eigenvalue weighted by Crippen LogP contribution is -2.19. The van der Waals surface area contributed by atoms with Crippen LogP contribution in [-0.2, 0) is 13.0 Å². The Labute approximate surface area is 106 Å². The Bertz CT molecular complexity index is 524. The predicted octanol–water partition coefficient (Wildman–Crippen LogP) is 1.59. The van der Waals surface area contributed by atoms with Crippen molar-refractivity contribution in [1.82, 2.24) is 20.5 Å². The molecule has 3 rings (SSSR count). The third-order valence-electron chi connectivity index (χ3n) is 3.21. The molecule has 0 radical (unpaired) electrons. The van der Waals surface area contributed by atoms with Gasteiger partial charge < -0.3 is 10.1 Å². The lowest BCUT2D eigenvalue weighted by Gasteiger charge is -2.11. The van der Waals surface area contributed by atoms with Crippen LogP contribution in [0, 0.1) is 0 Å². The number of hydrogen-bond donors (Lipinski definition) is 2. The van der Waals surface area contributed by atoms with Crippen LogP contribution in [-0.4, -0.2) is 21.8 Å². The van der Waals surface area contributed by atoms with Crippen LogP contribution in [0.3, 0.4) is 0 Å². The molecule has 2 N–H and O–H groups in total. The Morgan fingerprint density at radius 2 is 2.44 bits per heavy atom. The van der Waals surface area contributed by atoms with Crippen LogP contribution in [0.15, 0.2) is 24.5 Å². The number of hydrogen-bond acceptors (Lipinski definition) is 4. The fourth-order valence-corrected chi connectivity index (χ4v) is 2.14. The van der Waals surface area contributed by atoms with E-state index in [9.17, 15) is 0 Å². The van der Waals surface area contributed by atoms with Crippen molar-refractivity contribution in [1.29, 1.82) is 0 Å². The maximum atomic E-state index is 5.49. The maximum absolute atomic E-state index is 5.49. The zero-order chi connectivity index (χ0) is 12.4. The first kappa shape index (κ1) is 11.2. The molecule has 0 bridgehead atoms. The topological polar surface area (TPSA) is 62.8 Å². The van der Waals surface area contributed by atoms with Gasteiger partial charge in [-0.3, -0.25) is 5.10 Å². The van der Waals surface area contributed by atoms with Gasteiger partial charge in [0.2, 0.25) is 0 Å². The molecule has 2 aromatic rings. The largest absolute Gasteiger partial charge is 0.493 e. The standard InChI is InChI=1S/C13H16N4O/c1-9(13-15-8-16-17-13)14-7-10-2-3-12-11(6-10)4-5-18-12/h2-3,6,8-9,14H,4-5,7H2,1H3,(H,15,16,17). The van der Waals surface area contributed by atoms with E-state index in [4.69, 9.17) is 4.74 Å². The number of rotatable bonds is 4. The molecule has 0 fully saturated rings. The van der Waals surface area contributed by atoms with Gasteiger partial charge in [0.05, 0.1) is 12.6 Å². The Morgan fingerprint density at radius 1 is 1.50 bits per heavy atom. The van der Waals surface area contributed by atoms with Gasteiger partial charge in [0.15, 0.2) is 0 Å². The first-order valence-corrected chi connectivity index (χ1v) is 6.16. The zero-order valence-electron chi connectivity index (χ0n) is 10.3. The summed E-state index contributed by atoms with van der Waals surface area (Å²) >= 11 is 0. The molecule has 1 aliphatic rings. The Balaban J connectivity index is 1.63. The summed E-state index contributed by atoms with van der Waals surface area (Å²) in [6.45, 7) is 3.69. The molecule has 2 heterocycles.